The third-order valence-corrected chi connectivity index (χ3v) is 8.28. The van der Waals surface area contributed by atoms with E-state index in [-0.39, 0.29) is 0 Å². The van der Waals surface area contributed by atoms with Crippen LogP contribution in [-0.4, -0.2) is 16.1 Å². The maximum absolute atomic E-state index is 10.9. The molecule has 6 heteroatoms. The summed E-state index contributed by atoms with van der Waals surface area (Å²) in [6, 6.07) is 18.8. The van der Waals surface area contributed by atoms with Gasteiger partial charge in [0.25, 0.3) is 0 Å². The molecular formula is C28H22N2O2S2. The van der Waals surface area contributed by atoms with E-state index in [2.05, 4.69) is 48.3 Å². The molecule has 4 aromatic rings. The summed E-state index contributed by atoms with van der Waals surface area (Å²) >= 11 is 3.21. The first-order valence-corrected chi connectivity index (χ1v) is 12.8. The summed E-state index contributed by atoms with van der Waals surface area (Å²) in [6.07, 6.45) is 6.24. The molecule has 1 aliphatic carbocycles. The third-order valence-electron chi connectivity index (χ3n) is 6.29. The van der Waals surface area contributed by atoms with Gasteiger partial charge in [0.1, 0.15) is 10.9 Å². The molecule has 34 heavy (non-hydrogen) atoms. The minimum atomic E-state index is -0.963. The highest BCUT2D eigenvalue weighted by atomic mass is 32.1. The molecule has 0 saturated heterocycles. The predicted molar refractivity (Wildman–Crippen MR) is 140 cm³/mol. The number of aliphatic carboxylic acids is 1. The zero-order valence-electron chi connectivity index (χ0n) is 18.6. The SMILES string of the molecule is Cc1cc(C#N)sc1/C(=C(\c1ccc(/C=C/C(=O)O)cc1)c1ccc2scnc2c1)C1CCC1. The van der Waals surface area contributed by atoms with Crippen molar-refractivity contribution in [2.75, 3.05) is 0 Å². The van der Waals surface area contributed by atoms with E-state index in [0.29, 0.717) is 5.92 Å². The van der Waals surface area contributed by atoms with Crippen molar-refractivity contribution >= 4 is 56.1 Å². The third kappa shape index (κ3) is 4.33. The lowest BCUT2D eigenvalue weighted by atomic mass is 9.74. The van der Waals surface area contributed by atoms with E-state index < -0.39 is 5.97 Å². The van der Waals surface area contributed by atoms with E-state index in [4.69, 9.17) is 5.11 Å². The maximum atomic E-state index is 10.9. The summed E-state index contributed by atoms with van der Waals surface area (Å²) in [5.74, 6) is -0.522. The number of nitriles is 1. The van der Waals surface area contributed by atoms with Gasteiger partial charge >= 0.3 is 5.97 Å². The molecular weight excluding hydrogens is 460 g/mol. The first kappa shape index (κ1) is 22.3. The van der Waals surface area contributed by atoms with Crippen molar-refractivity contribution in [3.8, 4) is 6.07 Å². The second-order valence-corrected chi connectivity index (χ2v) is 10.4. The number of hydrogen-bond acceptors (Lipinski definition) is 5. The first-order valence-electron chi connectivity index (χ1n) is 11.1. The number of carboxylic acids is 1. The quantitative estimate of drug-likeness (QED) is 0.291. The second kappa shape index (κ2) is 9.38. The van der Waals surface area contributed by atoms with Gasteiger partial charge in [-0.15, -0.1) is 22.7 Å². The van der Waals surface area contributed by atoms with Crippen LogP contribution in [0, 0.1) is 24.2 Å². The molecule has 1 aliphatic rings. The van der Waals surface area contributed by atoms with Gasteiger partial charge in [-0.2, -0.15) is 5.26 Å². The number of fused-ring (bicyclic) bond motifs is 1. The number of thiazole rings is 1. The van der Waals surface area contributed by atoms with Crippen LogP contribution in [0.5, 0.6) is 0 Å². The minimum absolute atomic E-state index is 0.441. The number of carboxylic acid groups (broad SMARTS) is 1. The fraction of sp³-hybridized carbons (Fsp3) is 0.179. The molecule has 1 N–H and O–H groups in total. The molecule has 0 spiro atoms. The number of benzene rings is 2. The lowest BCUT2D eigenvalue weighted by Gasteiger charge is -2.31. The van der Waals surface area contributed by atoms with Crippen LogP contribution >= 0.6 is 22.7 Å². The number of hydrogen-bond donors (Lipinski definition) is 1. The topological polar surface area (TPSA) is 74.0 Å². The average Bonchev–Trinajstić information content (AvgIpc) is 3.42. The van der Waals surface area contributed by atoms with Crippen molar-refractivity contribution in [3.63, 3.8) is 0 Å². The number of aromatic nitrogens is 1. The van der Waals surface area contributed by atoms with Crippen LogP contribution in [-0.2, 0) is 4.79 Å². The fourth-order valence-electron chi connectivity index (χ4n) is 4.42. The van der Waals surface area contributed by atoms with Crippen LogP contribution in [0.2, 0.25) is 0 Å². The zero-order chi connectivity index (χ0) is 23.7. The van der Waals surface area contributed by atoms with Crippen molar-refractivity contribution < 1.29 is 9.90 Å². The lowest BCUT2D eigenvalue weighted by Crippen LogP contribution is -2.15. The van der Waals surface area contributed by atoms with E-state index in [1.54, 1.807) is 28.7 Å². The van der Waals surface area contributed by atoms with Gasteiger partial charge in [0.2, 0.25) is 0 Å². The van der Waals surface area contributed by atoms with Gasteiger partial charge in [0.05, 0.1) is 15.7 Å². The predicted octanol–water partition coefficient (Wildman–Crippen LogP) is 7.39. The largest absolute Gasteiger partial charge is 0.478 e. The number of nitrogens with zero attached hydrogens (tertiary/aromatic N) is 2. The summed E-state index contributed by atoms with van der Waals surface area (Å²) in [5.41, 5.74) is 9.49. The Bertz CT molecular complexity index is 1480. The van der Waals surface area contributed by atoms with Crippen LogP contribution in [0.3, 0.4) is 0 Å². The molecule has 0 aliphatic heterocycles. The summed E-state index contributed by atoms with van der Waals surface area (Å²) in [7, 11) is 0. The first-order chi connectivity index (χ1) is 16.5. The molecule has 2 aromatic carbocycles. The molecule has 0 atom stereocenters. The number of aryl methyl sites for hydroxylation is 1. The van der Waals surface area contributed by atoms with Gasteiger partial charge in [-0.05, 0) is 83.4 Å². The molecule has 1 fully saturated rings. The Hall–Kier alpha value is -3.53. The van der Waals surface area contributed by atoms with Crippen LogP contribution in [0.15, 0.2) is 60.1 Å². The highest BCUT2D eigenvalue weighted by Gasteiger charge is 2.29. The number of thiophene rings is 1. The van der Waals surface area contributed by atoms with Gasteiger partial charge < -0.3 is 5.11 Å². The standard InChI is InChI=1S/C28H22N2O2S2/c1-17-13-22(15-29)34-28(17)27(19-3-2-4-19)26(21-10-11-24-23(14-21)30-16-33-24)20-8-5-18(6-9-20)7-12-25(31)32/h5-14,16,19H,2-4H2,1H3,(H,31,32)/b12-7+,27-26+. The van der Waals surface area contributed by atoms with Gasteiger partial charge in [-0.25, -0.2) is 9.78 Å². The highest BCUT2D eigenvalue weighted by molar-refractivity contribution is 7.16. The van der Waals surface area contributed by atoms with E-state index in [0.717, 1.165) is 56.3 Å². The van der Waals surface area contributed by atoms with Crippen molar-refractivity contribution in [2.24, 2.45) is 5.92 Å². The van der Waals surface area contributed by atoms with Crippen LogP contribution in [0.25, 0.3) is 27.4 Å². The van der Waals surface area contributed by atoms with Gasteiger partial charge in [-0.3, -0.25) is 0 Å². The molecule has 2 heterocycles. The fourth-order valence-corrected chi connectivity index (χ4v) is 6.18. The Morgan fingerprint density at radius 1 is 1.15 bits per heavy atom. The molecule has 168 valence electrons. The molecule has 1 saturated carbocycles. The molecule has 4 nitrogen and oxygen atoms in total. The Kier molecular flexibility index (Phi) is 6.14. The van der Waals surface area contributed by atoms with E-state index >= 15 is 0 Å². The molecule has 0 amide bonds. The Morgan fingerprint density at radius 2 is 1.91 bits per heavy atom. The number of rotatable bonds is 6. The molecule has 2 aromatic heterocycles. The second-order valence-electron chi connectivity index (χ2n) is 8.48. The lowest BCUT2D eigenvalue weighted by molar-refractivity contribution is -0.131. The van der Waals surface area contributed by atoms with Crippen molar-refractivity contribution in [3.05, 3.63) is 92.1 Å². The zero-order valence-corrected chi connectivity index (χ0v) is 20.2. The molecule has 0 unspecified atom stereocenters. The van der Waals surface area contributed by atoms with Gasteiger partial charge in [0.15, 0.2) is 0 Å². The van der Waals surface area contributed by atoms with E-state index in [9.17, 15) is 10.1 Å². The normalized spacial score (nSPS) is 14.7. The summed E-state index contributed by atoms with van der Waals surface area (Å²) in [4.78, 5) is 17.4. The number of carbonyl (C=O) groups is 1. The Morgan fingerprint density at radius 3 is 2.56 bits per heavy atom. The minimum Gasteiger partial charge on any atom is -0.478 e. The summed E-state index contributed by atoms with van der Waals surface area (Å²) < 4.78 is 1.15. The smallest absolute Gasteiger partial charge is 0.328 e. The van der Waals surface area contributed by atoms with Crippen molar-refractivity contribution in [1.29, 1.82) is 5.26 Å². The highest BCUT2D eigenvalue weighted by Crippen LogP contribution is 2.48. The summed E-state index contributed by atoms with van der Waals surface area (Å²) in [6.45, 7) is 2.09. The van der Waals surface area contributed by atoms with Gasteiger partial charge in [-0.1, -0.05) is 36.8 Å². The Balaban J connectivity index is 1.75. The van der Waals surface area contributed by atoms with Crippen molar-refractivity contribution in [2.45, 2.75) is 26.2 Å². The number of allylic oxidation sites excluding steroid dienone is 1. The van der Waals surface area contributed by atoms with Crippen molar-refractivity contribution in [1.82, 2.24) is 4.98 Å². The van der Waals surface area contributed by atoms with Crippen LogP contribution < -0.4 is 0 Å². The molecule has 5 rings (SSSR count). The average molecular weight is 483 g/mol. The van der Waals surface area contributed by atoms with Crippen LogP contribution in [0.4, 0.5) is 0 Å². The van der Waals surface area contributed by atoms with Gasteiger partial charge in [0, 0.05) is 11.0 Å². The summed E-state index contributed by atoms with van der Waals surface area (Å²) in [5, 5.41) is 18.5. The van der Waals surface area contributed by atoms with E-state index in [1.165, 1.54) is 22.4 Å². The maximum Gasteiger partial charge on any atom is 0.328 e. The monoisotopic (exact) mass is 482 g/mol. The Labute approximate surface area is 206 Å². The van der Waals surface area contributed by atoms with E-state index in [1.807, 2.05) is 23.7 Å². The molecule has 0 radical (unpaired) electrons. The van der Waals surface area contributed by atoms with Crippen LogP contribution in [0.1, 0.15) is 51.3 Å². The molecule has 0 bridgehead atoms.